The molecule has 21 heavy (non-hydrogen) atoms. The van der Waals surface area contributed by atoms with Crippen LogP contribution in [0.25, 0.3) is 0 Å². The predicted octanol–water partition coefficient (Wildman–Crippen LogP) is 2.73. The van der Waals surface area contributed by atoms with Gasteiger partial charge in [-0.25, -0.2) is 0 Å². The molecule has 6 nitrogen and oxygen atoms in total. The first kappa shape index (κ1) is 15.6. The molecule has 1 aliphatic heterocycles. The Bertz CT molecular complexity index is 493. The minimum atomic E-state index is -0.384. The zero-order valence-corrected chi connectivity index (χ0v) is 12.3. The van der Waals surface area contributed by atoms with Crippen LogP contribution >= 0.6 is 0 Å². The van der Waals surface area contributed by atoms with E-state index in [9.17, 15) is 10.1 Å². The lowest BCUT2D eigenvalue weighted by Gasteiger charge is -2.27. The standard InChI is InChI=1S/C15H22N2O4/c1-2-21-15-10-13(9-14(11-15)17(19)20)16-7-3-5-12(16)6-4-8-18/h9-12,18H,2-8H2,1H3. The minimum Gasteiger partial charge on any atom is -0.494 e. The van der Waals surface area contributed by atoms with Crippen LogP contribution in [0.2, 0.25) is 0 Å². The summed E-state index contributed by atoms with van der Waals surface area (Å²) in [5.74, 6) is 0.537. The average Bonchev–Trinajstić information content (AvgIpc) is 2.93. The number of ether oxygens (including phenoxy) is 1. The van der Waals surface area contributed by atoms with Crippen molar-refractivity contribution in [2.75, 3.05) is 24.7 Å². The zero-order chi connectivity index (χ0) is 15.2. The van der Waals surface area contributed by atoms with Crippen molar-refractivity contribution in [2.45, 2.75) is 38.6 Å². The molecular formula is C15H22N2O4. The molecule has 1 aromatic carbocycles. The number of aliphatic hydroxyl groups excluding tert-OH is 1. The molecular weight excluding hydrogens is 272 g/mol. The number of non-ortho nitro benzene ring substituents is 1. The van der Waals surface area contributed by atoms with Gasteiger partial charge in [0.05, 0.1) is 17.6 Å². The second kappa shape index (κ2) is 7.26. The molecule has 0 saturated carbocycles. The predicted molar refractivity (Wildman–Crippen MR) is 81.0 cm³/mol. The SMILES string of the molecule is CCOc1cc(N2CCCC2CCCO)cc([N+](=O)[O-])c1. The monoisotopic (exact) mass is 294 g/mol. The van der Waals surface area contributed by atoms with Gasteiger partial charge in [0.2, 0.25) is 0 Å². The molecule has 6 heteroatoms. The van der Waals surface area contributed by atoms with Gasteiger partial charge in [-0.15, -0.1) is 0 Å². The molecule has 1 fully saturated rings. The van der Waals surface area contributed by atoms with E-state index in [-0.39, 0.29) is 17.2 Å². The number of nitrogens with zero attached hydrogens (tertiary/aromatic N) is 2. The smallest absolute Gasteiger partial charge is 0.275 e. The van der Waals surface area contributed by atoms with Crippen LogP contribution in [-0.2, 0) is 0 Å². The second-order valence-corrected chi connectivity index (χ2v) is 5.23. The van der Waals surface area contributed by atoms with Crippen molar-refractivity contribution in [3.05, 3.63) is 28.3 Å². The summed E-state index contributed by atoms with van der Waals surface area (Å²) in [4.78, 5) is 12.9. The number of nitro benzene ring substituents is 1. The summed E-state index contributed by atoms with van der Waals surface area (Å²) >= 11 is 0. The molecule has 2 rings (SSSR count). The minimum absolute atomic E-state index is 0.0590. The largest absolute Gasteiger partial charge is 0.494 e. The number of benzene rings is 1. The zero-order valence-electron chi connectivity index (χ0n) is 12.3. The number of aliphatic hydroxyl groups is 1. The highest BCUT2D eigenvalue weighted by atomic mass is 16.6. The van der Waals surface area contributed by atoms with Crippen molar-refractivity contribution in [1.82, 2.24) is 0 Å². The van der Waals surface area contributed by atoms with Gasteiger partial charge in [-0.05, 0) is 32.6 Å². The summed E-state index contributed by atoms with van der Waals surface area (Å²) in [5, 5.41) is 20.1. The van der Waals surface area contributed by atoms with E-state index in [1.165, 1.54) is 6.07 Å². The lowest BCUT2D eigenvalue weighted by atomic mass is 10.1. The van der Waals surface area contributed by atoms with Crippen LogP contribution in [0.15, 0.2) is 18.2 Å². The normalized spacial score (nSPS) is 18.0. The first-order valence-electron chi connectivity index (χ1n) is 7.45. The van der Waals surface area contributed by atoms with Crippen LogP contribution in [0.4, 0.5) is 11.4 Å². The van der Waals surface area contributed by atoms with Crippen LogP contribution in [0.5, 0.6) is 5.75 Å². The van der Waals surface area contributed by atoms with Gasteiger partial charge in [-0.3, -0.25) is 10.1 Å². The van der Waals surface area contributed by atoms with E-state index in [4.69, 9.17) is 9.84 Å². The van der Waals surface area contributed by atoms with Gasteiger partial charge >= 0.3 is 0 Å². The van der Waals surface area contributed by atoms with Crippen LogP contribution in [0, 0.1) is 10.1 Å². The molecule has 1 N–H and O–H groups in total. The van der Waals surface area contributed by atoms with Crippen molar-refractivity contribution in [2.24, 2.45) is 0 Å². The molecule has 0 bridgehead atoms. The van der Waals surface area contributed by atoms with Crippen LogP contribution in [-0.4, -0.2) is 35.8 Å². The molecule has 1 unspecified atom stereocenters. The molecule has 116 valence electrons. The van der Waals surface area contributed by atoms with Crippen molar-refractivity contribution in [1.29, 1.82) is 0 Å². The summed E-state index contributed by atoms with van der Waals surface area (Å²) in [7, 11) is 0. The quantitative estimate of drug-likeness (QED) is 0.618. The third-order valence-electron chi connectivity index (χ3n) is 3.80. The van der Waals surface area contributed by atoms with Gasteiger partial charge in [0, 0.05) is 37.0 Å². The van der Waals surface area contributed by atoms with Gasteiger partial charge in [-0.1, -0.05) is 0 Å². The fraction of sp³-hybridized carbons (Fsp3) is 0.600. The van der Waals surface area contributed by atoms with E-state index in [1.54, 1.807) is 6.07 Å². The van der Waals surface area contributed by atoms with Crippen molar-refractivity contribution >= 4 is 11.4 Å². The van der Waals surface area contributed by atoms with E-state index in [1.807, 2.05) is 13.0 Å². The first-order valence-corrected chi connectivity index (χ1v) is 7.45. The van der Waals surface area contributed by atoms with E-state index in [0.29, 0.717) is 18.4 Å². The Kier molecular flexibility index (Phi) is 5.38. The summed E-state index contributed by atoms with van der Waals surface area (Å²) < 4.78 is 5.44. The third kappa shape index (κ3) is 3.85. The van der Waals surface area contributed by atoms with Gasteiger partial charge in [0.15, 0.2) is 0 Å². The summed E-state index contributed by atoms with van der Waals surface area (Å²) in [6.45, 7) is 3.42. The molecule has 0 aliphatic carbocycles. The average molecular weight is 294 g/mol. The maximum atomic E-state index is 11.1. The van der Waals surface area contributed by atoms with E-state index in [2.05, 4.69) is 4.90 Å². The van der Waals surface area contributed by atoms with Crippen LogP contribution in [0.3, 0.4) is 0 Å². The van der Waals surface area contributed by atoms with Crippen molar-refractivity contribution in [3.8, 4) is 5.75 Å². The van der Waals surface area contributed by atoms with Crippen molar-refractivity contribution in [3.63, 3.8) is 0 Å². The van der Waals surface area contributed by atoms with Gasteiger partial charge < -0.3 is 14.7 Å². The molecule has 1 heterocycles. The summed E-state index contributed by atoms with van der Waals surface area (Å²) in [6, 6.07) is 5.29. The fourth-order valence-corrected chi connectivity index (χ4v) is 2.89. The Labute approximate surface area is 124 Å². The second-order valence-electron chi connectivity index (χ2n) is 5.23. The highest BCUT2D eigenvalue weighted by Crippen LogP contribution is 2.34. The van der Waals surface area contributed by atoms with Crippen molar-refractivity contribution < 1.29 is 14.8 Å². The highest BCUT2D eigenvalue weighted by molar-refractivity contribution is 5.59. The first-order chi connectivity index (χ1) is 10.2. The molecule has 1 saturated heterocycles. The van der Waals surface area contributed by atoms with E-state index in [0.717, 1.165) is 37.9 Å². The Balaban J connectivity index is 2.26. The number of nitro groups is 1. The van der Waals surface area contributed by atoms with Crippen LogP contribution in [0.1, 0.15) is 32.6 Å². The maximum Gasteiger partial charge on any atom is 0.275 e. The number of hydrogen-bond donors (Lipinski definition) is 1. The lowest BCUT2D eigenvalue weighted by molar-refractivity contribution is -0.384. The van der Waals surface area contributed by atoms with Gasteiger partial charge in [-0.2, -0.15) is 0 Å². The Morgan fingerprint density at radius 1 is 1.48 bits per heavy atom. The Morgan fingerprint density at radius 3 is 2.95 bits per heavy atom. The molecule has 0 spiro atoms. The number of anilines is 1. The molecule has 1 atom stereocenters. The van der Waals surface area contributed by atoms with Gasteiger partial charge in [0.1, 0.15) is 5.75 Å². The Morgan fingerprint density at radius 2 is 2.29 bits per heavy atom. The molecule has 0 amide bonds. The van der Waals surface area contributed by atoms with E-state index < -0.39 is 0 Å². The summed E-state index contributed by atoms with van der Waals surface area (Å²) in [6.07, 6.45) is 3.80. The topological polar surface area (TPSA) is 75.8 Å². The maximum absolute atomic E-state index is 11.1. The summed E-state index contributed by atoms with van der Waals surface area (Å²) in [5.41, 5.74) is 0.900. The van der Waals surface area contributed by atoms with E-state index >= 15 is 0 Å². The third-order valence-corrected chi connectivity index (χ3v) is 3.80. The fourth-order valence-electron chi connectivity index (χ4n) is 2.89. The lowest BCUT2D eigenvalue weighted by Crippen LogP contribution is -2.29. The van der Waals surface area contributed by atoms with Crippen LogP contribution < -0.4 is 9.64 Å². The highest BCUT2D eigenvalue weighted by Gasteiger charge is 2.26. The van der Waals surface area contributed by atoms with Gasteiger partial charge in [0.25, 0.3) is 5.69 Å². The number of hydrogen-bond acceptors (Lipinski definition) is 5. The molecule has 1 aliphatic rings. The molecule has 0 radical (unpaired) electrons. The number of rotatable bonds is 7. The Hall–Kier alpha value is -1.82. The molecule has 0 aromatic heterocycles. The molecule has 1 aromatic rings.